The van der Waals surface area contributed by atoms with Crippen molar-refractivity contribution in [2.24, 2.45) is 0 Å². The SMILES string of the molecule is Cc1cccc(-c2n[nH]cc2-c2ccc3nccc(C(=O)NCCN4CCN(C(C)C)CC4)c3n2)n1. The van der Waals surface area contributed by atoms with Crippen molar-refractivity contribution < 1.29 is 4.79 Å². The number of rotatable bonds is 7. The van der Waals surface area contributed by atoms with E-state index in [9.17, 15) is 4.79 Å². The molecular weight excluding hydrogens is 452 g/mol. The van der Waals surface area contributed by atoms with Crippen molar-refractivity contribution in [3.05, 3.63) is 60.0 Å². The maximum atomic E-state index is 13.1. The number of hydrogen-bond acceptors (Lipinski definition) is 7. The molecule has 36 heavy (non-hydrogen) atoms. The summed E-state index contributed by atoms with van der Waals surface area (Å²) in [4.78, 5) is 31.9. The smallest absolute Gasteiger partial charge is 0.253 e. The third kappa shape index (κ3) is 5.12. The molecule has 1 amide bonds. The van der Waals surface area contributed by atoms with Gasteiger partial charge in [0.25, 0.3) is 5.91 Å². The number of nitrogens with one attached hydrogen (secondary N) is 2. The molecule has 0 saturated carbocycles. The van der Waals surface area contributed by atoms with Gasteiger partial charge in [-0.2, -0.15) is 5.10 Å². The minimum Gasteiger partial charge on any atom is -0.351 e. The Labute approximate surface area is 211 Å². The van der Waals surface area contributed by atoms with Gasteiger partial charge in [0.1, 0.15) is 11.2 Å². The summed E-state index contributed by atoms with van der Waals surface area (Å²) in [5.74, 6) is -0.138. The number of nitrogens with zero attached hydrogens (tertiary/aromatic N) is 6. The van der Waals surface area contributed by atoms with Crippen LogP contribution in [-0.2, 0) is 0 Å². The average Bonchev–Trinajstić information content (AvgIpc) is 3.38. The number of fused-ring (bicyclic) bond motifs is 1. The van der Waals surface area contributed by atoms with E-state index in [1.54, 1.807) is 12.3 Å². The Balaban J connectivity index is 1.32. The normalized spacial score (nSPS) is 15.0. The largest absolute Gasteiger partial charge is 0.351 e. The fraction of sp³-hybridized carbons (Fsp3) is 0.370. The van der Waals surface area contributed by atoms with Crippen LogP contribution in [0.1, 0.15) is 29.9 Å². The quantitative estimate of drug-likeness (QED) is 0.415. The van der Waals surface area contributed by atoms with Crippen LogP contribution in [0.3, 0.4) is 0 Å². The molecule has 0 unspecified atom stereocenters. The van der Waals surface area contributed by atoms with Gasteiger partial charge in [-0.05, 0) is 51.1 Å². The van der Waals surface area contributed by atoms with E-state index in [2.05, 4.69) is 49.1 Å². The van der Waals surface area contributed by atoms with Gasteiger partial charge in [0.15, 0.2) is 0 Å². The van der Waals surface area contributed by atoms with Gasteiger partial charge < -0.3 is 5.32 Å². The first-order chi connectivity index (χ1) is 17.5. The second kappa shape index (κ2) is 10.5. The third-order valence-electron chi connectivity index (χ3n) is 6.73. The first-order valence-corrected chi connectivity index (χ1v) is 12.5. The summed E-state index contributed by atoms with van der Waals surface area (Å²) in [6.45, 7) is 12.0. The number of piperazine rings is 1. The molecule has 0 spiro atoms. The van der Waals surface area contributed by atoms with Gasteiger partial charge in [0, 0.05) is 69.0 Å². The fourth-order valence-electron chi connectivity index (χ4n) is 4.64. The molecule has 0 radical (unpaired) electrons. The van der Waals surface area contributed by atoms with Crippen LogP contribution in [0.4, 0.5) is 0 Å². The average molecular weight is 485 g/mol. The second-order valence-electron chi connectivity index (χ2n) is 9.46. The number of aryl methyl sites for hydroxylation is 1. The van der Waals surface area contributed by atoms with Gasteiger partial charge in [-0.1, -0.05) is 6.07 Å². The molecule has 1 aliphatic rings. The maximum Gasteiger partial charge on any atom is 0.253 e. The zero-order valence-corrected chi connectivity index (χ0v) is 21.0. The molecule has 9 nitrogen and oxygen atoms in total. The van der Waals surface area contributed by atoms with Crippen LogP contribution in [-0.4, -0.2) is 86.2 Å². The first kappa shape index (κ1) is 24.0. The highest BCUT2D eigenvalue weighted by Crippen LogP contribution is 2.29. The van der Waals surface area contributed by atoms with Crippen LogP contribution >= 0.6 is 0 Å². The molecule has 0 atom stereocenters. The van der Waals surface area contributed by atoms with Crippen LogP contribution in [0.5, 0.6) is 0 Å². The third-order valence-corrected chi connectivity index (χ3v) is 6.73. The molecule has 0 aromatic carbocycles. The Hall–Kier alpha value is -3.69. The number of pyridine rings is 3. The number of aromatic amines is 1. The van der Waals surface area contributed by atoms with E-state index in [0.29, 0.717) is 34.9 Å². The molecule has 1 fully saturated rings. The molecule has 1 aliphatic heterocycles. The highest BCUT2D eigenvalue weighted by Gasteiger charge is 2.20. The van der Waals surface area contributed by atoms with E-state index in [0.717, 1.165) is 55.4 Å². The lowest BCUT2D eigenvalue weighted by Gasteiger charge is -2.36. The monoisotopic (exact) mass is 484 g/mol. The van der Waals surface area contributed by atoms with E-state index in [4.69, 9.17) is 4.98 Å². The Morgan fingerprint density at radius 3 is 2.67 bits per heavy atom. The summed E-state index contributed by atoms with van der Waals surface area (Å²) in [6, 6.07) is 11.9. The predicted molar refractivity (Wildman–Crippen MR) is 141 cm³/mol. The highest BCUT2D eigenvalue weighted by atomic mass is 16.1. The number of carbonyl (C=O) groups is 1. The zero-order valence-electron chi connectivity index (χ0n) is 21.0. The molecule has 5 heterocycles. The summed E-state index contributed by atoms with van der Waals surface area (Å²) in [7, 11) is 0. The van der Waals surface area contributed by atoms with Gasteiger partial charge in [-0.25, -0.2) is 4.98 Å². The van der Waals surface area contributed by atoms with Gasteiger partial charge >= 0.3 is 0 Å². The van der Waals surface area contributed by atoms with Crippen LogP contribution in [0.15, 0.2) is 48.8 Å². The van der Waals surface area contributed by atoms with Crippen molar-refractivity contribution in [1.82, 2.24) is 40.3 Å². The number of amides is 1. The van der Waals surface area contributed by atoms with Crippen LogP contribution in [0.2, 0.25) is 0 Å². The predicted octanol–water partition coefficient (Wildman–Crippen LogP) is 3.15. The summed E-state index contributed by atoms with van der Waals surface area (Å²) >= 11 is 0. The van der Waals surface area contributed by atoms with E-state index < -0.39 is 0 Å². The zero-order chi connectivity index (χ0) is 25.1. The lowest BCUT2D eigenvalue weighted by Crippen LogP contribution is -2.50. The Morgan fingerprint density at radius 2 is 1.89 bits per heavy atom. The minimum absolute atomic E-state index is 0.138. The number of aromatic nitrogens is 5. The molecule has 5 rings (SSSR count). The Bertz CT molecular complexity index is 1360. The lowest BCUT2D eigenvalue weighted by molar-refractivity contribution is 0.0922. The van der Waals surface area contributed by atoms with Crippen molar-refractivity contribution in [2.75, 3.05) is 39.3 Å². The van der Waals surface area contributed by atoms with Crippen LogP contribution in [0.25, 0.3) is 33.7 Å². The summed E-state index contributed by atoms with van der Waals surface area (Å²) in [5, 5.41) is 10.4. The maximum absolute atomic E-state index is 13.1. The van der Waals surface area contributed by atoms with Crippen LogP contribution < -0.4 is 5.32 Å². The van der Waals surface area contributed by atoms with Gasteiger partial charge in [0.05, 0.1) is 22.5 Å². The van der Waals surface area contributed by atoms with Crippen molar-refractivity contribution >= 4 is 16.9 Å². The number of H-pyrrole nitrogens is 1. The molecule has 186 valence electrons. The van der Waals surface area contributed by atoms with Crippen molar-refractivity contribution in [1.29, 1.82) is 0 Å². The van der Waals surface area contributed by atoms with E-state index in [1.807, 2.05) is 43.5 Å². The molecule has 2 N–H and O–H groups in total. The molecule has 4 aromatic heterocycles. The Morgan fingerprint density at radius 1 is 1.06 bits per heavy atom. The van der Waals surface area contributed by atoms with Gasteiger partial charge in [-0.15, -0.1) is 0 Å². The number of hydrogen-bond donors (Lipinski definition) is 2. The number of carbonyl (C=O) groups excluding carboxylic acids is 1. The van der Waals surface area contributed by atoms with Crippen LogP contribution in [0, 0.1) is 6.92 Å². The molecule has 9 heteroatoms. The minimum atomic E-state index is -0.138. The van der Waals surface area contributed by atoms with Crippen molar-refractivity contribution in [2.45, 2.75) is 26.8 Å². The van der Waals surface area contributed by atoms with Gasteiger partial charge in [0.2, 0.25) is 0 Å². The highest BCUT2D eigenvalue weighted by molar-refractivity contribution is 6.05. The summed E-state index contributed by atoms with van der Waals surface area (Å²) in [5.41, 5.74) is 5.70. The molecular formula is C27H32N8O. The van der Waals surface area contributed by atoms with E-state index >= 15 is 0 Å². The van der Waals surface area contributed by atoms with Gasteiger partial charge in [-0.3, -0.25) is 29.7 Å². The molecule has 0 aliphatic carbocycles. The van der Waals surface area contributed by atoms with Crippen molar-refractivity contribution in [3.8, 4) is 22.6 Å². The fourth-order valence-corrected chi connectivity index (χ4v) is 4.64. The summed E-state index contributed by atoms with van der Waals surface area (Å²) < 4.78 is 0. The molecule has 1 saturated heterocycles. The van der Waals surface area contributed by atoms with E-state index in [1.165, 1.54) is 0 Å². The molecule has 4 aromatic rings. The topological polar surface area (TPSA) is 103 Å². The second-order valence-corrected chi connectivity index (χ2v) is 9.46. The Kier molecular flexibility index (Phi) is 7.02. The van der Waals surface area contributed by atoms with Crippen molar-refractivity contribution in [3.63, 3.8) is 0 Å². The molecule has 0 bridgehead atoms. The first-order valence-electron chi connectivity index (χ1n) is 12.5. The standard InChI is InChI=1S/C27H32N8O/c1-18(2)35-15-13-34(14-16-35)12-11-29-27(36)20-9-10-28-23-8-7-22(32-25(20)23)21-17-30-33-26(21)24-6-4-5-19(3)31-24/h4-10,17-18H,11-16H2,1-3H3,(H,29,36)(H,30,33). The van der Waals surface area contributed by atoms with E-state index in [-0.39, 0.29) is 5.91 Å². The lowest BCUT2D eigenvalue weighted by atomic mass is 10.1. The summed E-state index contributed by atoms with van der Waals surface area (Å²) in [6.07, 6.45) is 3.46.